The van der Waals surface area contributed by atoms with Gasteiger partial charge in [0.2, 0.25) is 8.32 Å². The van der Waals surface area contributed by atoms with Crippen LogP contribution >= 0.6 is 0 Å². The Morgan fingerprint density at radius 3 is 2.50 bits per heavy atom. The molecule has 2 atom stereocenters. The number of hydrogen-bond donors (Lipinski definition) is 0. The summed E-state index contributed by atoms with van der Waals surface area (Å²) in [4.78, 5) is 11.6. The zero-order chi connectivity index (χ0) is 17.3. The van der Waals surface area contributed by atoms with E-state index in [0.717, 1.165) is 16.3 Å². The highest BCUT2D eigenvalue weighted by atomic mass is 28.4. The van der Waals surface area contributed by atoms with Gasteiger partial charge in [-0.1, -0.05) is 42.5 Å². The topological polar surface area (TPSA) is 38.8 Å². The van der Waals surface area contributed by atoms with Gasteiger partial charge in [-0.15, -0.1) is 0 Å². The highest BCUT2D eigenvalue weighted by molar-refractivity contribution is 6.69. The molecule has 24 heavy (non-hydrogen) atoms. The number of carbonyl (C=O) groups excluding carboxylic acids is 1. The number of hydroxylamine groups is 2. The summed E-state index contributed by atoms with van der Waals surface area (Å²) in [6.45, 7) is 6.42. The van der Waals surface area contributed by atoms with E-state index in [4.69, 9.17) is 9.26 Å². The molecule has 126 valence electrons. The van der Waals surface area contributed by atoms with Crippen LogP contribution in [0.25, 0.3) is 10.8 Å². The zero-order valence-corrected chi connectivity index (χ0v) is 15.5. The average molecular weight is 341 g/mol. The Kier molecular flexibility index (Phi) is 4.58. The minimum Gasteiger partial charge on any atom is -0.453 e. The molecule has 1 aliphatic rings. The fraction of sp³-hybridized carbons (Fsp3) is 0.316. The maximum absolute atomic E-state index is 11.6. The molecule has 0 saturated carbocycles. The van der Waals surface area contributed by atoms with Gasteiger partial charge in [-0.05, 0) is 42.1 Å². The predicted octanol–water partition coefficient (Wildman–Crippen LogP) is 4.06. The molecule has 0 aromatic heterocycles. The van der Waals surface area contributed by atoms with Crippen molar-refractivity contribution in [2.24, 2.45) is 0 Å². The van der Waals surface area contributed by atoms with Crippen LogP contribution in [-0.2, 0) is 14.1 Å². The number of cyclic esters (lactones) is 1. The van der Waals surface area contributed by atoms with Crippen LogP contribution in [0.1, 0.15) is 11.6 Å². The van der Waals surface area contributed by atoms with Gasteiger partial charge in [0.05, 0.1) is 6.04 Å². The molecule has 0 spiro atoms. The summed E-state index contributed by atoms with van der Waals surface area (Å²) < 4.78 is 11.7. The normalized spacial score (nSPS) is 19.0. The summed E-state index contributed by atoms with van der Waals surface area (Å²) in [5.41, 5.74) is 1.10. The van der Waals surface area contributed by atoms with E-state index in [1.54, 1.807) is 0 Å². The molecular weight excluding hydrogens is 318 g/mol. The number of benzene rings is 2. The van der Waals surface area contributed by atoms with E-state index < -0.39 is 8.32 Å². The smallest absolute Gasteiger partial charge is 0.331 e. The highest BCUT2D eigenvalue weighted by Gasteiger charge is 2.34. The van der Waals surface area contributed by atoms with E-state index in [0.29, 0.717) is 0 Å². The third-order valence-corrected chi connectivity index (χ3v) is 4.77. The maximum Gasteiger partial charge on any atom is 0.331 e. The summed E-state index contributed by atoms with van der Waals surface area (Å²) in [6.07, 6.45) is 2.95. The number of ether oxygens (including phenoxy) is 1. The van der Waals surface area contributed by atoms with Crippen LogP contribution in [0.2, 0.25) is 19.6 Å². The van der Waals surface area contributed by atoms with Crippen LogP contribution in [0.3, 0.4) is 0 Å². The Hall–Kier alpha value is -1.95. The zero-order valence-electron chi connectivity index (χ0n) is 14.5. The predicted molar refractivity (Wildman–Crippen MR) is 97.9 cm³/mol. The van der Waals surface area contributed by atoms with E-state index >= 15 is 0 Å². The molecule has 0 aliphatic carbocycles. The van der Waals surface area contributed by atoms with Crippen molar-refractivity contribution in [3.8, 4) is 0 Å². The number of nitrogens with zero attached hydrogens (tertiary/aromatic N) is 1. The summed E-state index contributed by atoms with van der Waals surface area (Å²) in [5.74, 6) is -0.299. The Morgan fingerprint density at radius 2 is 1.83 bits per heavy atom. The SMILES string of the molecule is CN(O[Si](C)(C)C)C(c1cccc2ccccc12)C1C=CC(=O)O1. The van der Waals surface area contributed by atoms with Gasteiger partial charge >= 0.3 is 5.97 Å². The molecule has 1 heterocycles. The average Bonchev–Trinajstić information content (AvgIpc) is 2.92. The van der Waals surface area contributed by atoms with Crippen molar-refractivity contribution in [1.29, 1.82) is 0 Å². The first-order valence-corrected chi connectivity index (χ1v) is 11.5. The lowest BCUT2D eigenvalue weighted by atomic mass is 9.95. The second-order valence-electron chi connectivity index (χ2n) is 7.02. The second kappa shape index (κ2) is 6.51. The summed E-state index contributed by atoms with van der Waals surface area (Å²) in [6, 6.07) is 14.3. The van der Waals surface area contributed by atoms with Crippen LogP contribution < -0.4 is 0 Å². The number of hydrogen-bond acceptors (Lipinski definition) is 4. The van der Waals surface area contributed by atoms with Gasteiger partial charge in [-0.25, -0.2) is 4.79 Å². The Balaban J connectivity index is 2.06. The first kappa shape index (κ1) is 16.9. The summed E-state index contributed by atoms with van der Waals surface area (Å²) >= 11 is 0. The Bertz CT molecular complexity index is 776. The number of rotatable bonds is 5. The molecular formula is C19H23NO3Si. The monoisotopic (exact) mass is 341 g/mol. The molecule has 0 amide bonds. The van der Waals surface area contributed by atoms with Gasteiger partial charge in [0.25, 0.3) is 0 Å². The molecule has 0 saturated heterocycles. The lowest BCUT2D eigenvalue weighted by Gasteiger charge is -2.35. The van der Waals surface area contributed by atoms with E-state index in [1.165, 1.54) is 6.08 Å². The quantitative estimate of drug-likeness (QED) is 0.467. The molecule has 2 aromatic rings. The van der Waals surface area contributed by atoms with Crippen molar-refractivity contribution in [3.63, 3.8) is 0 Å². The van der Waals surface area contributed by atoms with E-state index in [9.17, 15) is 4.79 Å². The van der Waals surface area contributed by atoms with Gasteiger partial charge in [0, 0.05) is 13.1 Å². The van der Waals surface area contributed by atoms with Gasteiger partial charge in [-0.3, -0.25) is 0 Å². The van der Waals surface area contributed by atoms with Crippen LogP contribution in [0.4, 0.5) is 0 Å². The number of likely N-dealkylation sites (N-methyl/N-ethyl adjacent to an activating group) is 1. The van der Waals surface area contributed by atoms with Crippen molar-refractivity contribution in [2.45, 2.75) is 31.8 Å². The molecule has 0 fully saturated rings. The maximum atomic E-state index is 11.6. The van der Waals surface area contributed by atoms with Gasteiger partial charge in [-0.2, -0.15) is 5.06 Å². The molecule has 3 rings (SSSR count). The fourth-order valence-electron chi connectivity index (χ4n) is 3.13. The van der Waals surface area contributed by atoms with Crippen LogP contribution in [0.5, 0.6) is 0 Å². The van der Waals surface area contributed by atoms with Crippen LogP contribution in [0, 0.1) is 0 Å². The summed E-state index contributed by atoms with van der Waals surface area (Å²) in [5, 5.41) is 4.17. The number of fused-ring (bicyclic) bond motifs is 1. The van der Waals surface area contributed by atoms with Gasteiger partial charge in [0.1, 0.15) is 6.10 Å². The minimum absolute atomic E-state index is 0.189. The first-order chi connectivity index (χ1) is 11.3. The molecule has 5 heteroatoms. The third-order valence-electron chi connectivity index (χ3n) is 3.94. The molecule has 0 radical (unpaired) electrons. The van der Waals surface area contributed by atoms with Crippen molar-refractivity contribution >= 4 is 25.1 Å². The first-order valence-electron chi connectivity index (χ1n) is 8.13. The van der Waals surface area contributed by atoms with Crippen molar-refractivity contribution in [1.82, 2.24) is 5.06 Å². The largest absolute Gasteiger partial charge is 0.453 e. The highest BCUT2D eigenvalue weighted by Crippen LogP contribution is 2.34. The lowest BCUT2D eigenvalue weighted by molar-refractivity contribution is -0.151. The Labute approximate surface area is 143 Å². The standard InChI is InChI=1S/C19H23NO3Si/c1-20(23-24(2,3)4)19(17-12-13-18(21)22-17)16-11-7-9-14-8-5-6-10-15(14)16/h5-13,17,19H,1-4H3. The second-order valence-corrected chi connectivity index (χ2v) is 11.4. The molecule has 0 bridgehead atoms. The minimum atomic E-state index is -1.79. The number of carbonyl (C=O) groups is 1. The summed E-state index contributed by atoms with van der Waals surface area (Å²) in [7, 11) is 0.131. The number of esters is 1. The van der Waals surface area contributed by atoms with E-state index in [-0.39, 0.29) is 18.1 Å². The van der Waals surface area contributed by atoms with Crippen LogP contribution in [-0.4, -0.2) is 32.5 Å². The molecule has 2 aromatic carbocycles. The lowest BCUT2D eigenvalue weighted by Crippen LogP contribution is -2.41. The van der Waals surface area contributed by atoms with Crippen LogP contribution in [0.15, 0.2) is 54.6 Å². The van der Waals surface area contributed by atoms with Crippen molar-refractivity contribution in [2.75, 3.05) is 7.05 Å². The molecule has 4 nitrogen and oxygen atoms in total. The molecule has 0 N–H and O–H groups in total. The van der Waals surface area contributed by atoms with E-state index in [1.807, 2.05) is 36.4 Å². The third kappa shape index (κ3) is 3.58. The fourth-order valence-corrected chi connectivity index (χ4v) is 4.11. The molecule has 1 aliphatic heterocycles. The van der Waals surface area contributed by atoms with E-state index in [2.05, 4.69) is 43.9 Å². The van der Waals surface area contributed by atoms with Crippen molar-refractivity contribution < 1.29 is 14.1 Å². The Morgan fingerprint density at radius 1 is 1.12 bits per heavy atom. The molecule has 2 unspecified atom stereocenters. The van der Waals surface area contributed by atoms with Crippen molar-refractivity contribution in [3.05, 3.63) is 60.2 Å². The van der Waals surface area contributed by atoms with Gasteiger partial charge in [0.15, 0.2) is 0 Å². The van der Waals surface area contributed by atoms with Gasteiger partial charge < -0.3 is 9.26 Å².